The Bertz CT molecular complexity index is 1040. The van der Waals surface area contributed by atoms with Crippen LogP contribution in [0.25, 0.3) is 10.9 Å². The second-order valence-electron chi connectivity index (χ2n) is 5.40. The van der Waals surface area contributed by atoms with Crippen LogP contribution in [0.3, 0.4) is 0 Å². The van der Waals surface area contributed by atoms with Crippen LogP contribution in [0.15, 0.2) is 47.3 Å². The number of aromatic nitrogens is 1. The summed E-state index contributed by atoms with van der Waals surface area (Å²) in [5, 5.41) is 13.8. The van der Waals surface area contributed by atoms with Gasteiger partial charge in [0.05, 0.1) is 18.3 Å². The maximum Gasteiger partial charge on any atom is 0.267 e. The molecule has 2 aromatic carbocycles. The Hall–Kier alpha value is -2.99. The van der Waals surface area contributed by atoms with E-state index in [1.807, 2.05) is 0 Å². The lowest BCUT2D eigenvalue weighted by molar-refractivity contribution is 0.102. The number of aromatic hydroxyl groups is 1. The number of methoxy groups -OCH3 is 1. The van der Waals surface area contributed by atoms with Crippen molar-refractivity contribution < 1.29 is 14.6 Å². The van der Waals surface area contributed by atoms with E-state index >= 15 is 0 Å². The molecule has 0 saturated heterocycles. The van der Waals surface area contributed by atoms with Crippen molar-refractivity contribution in [2.24, 2.45) is 7.05 Å². The molecule has 0 unspecified atom stereocenters. The average molecular weight is 359 g/mol. The molecule has 3 aromatic rings. The summed E-state index contributed by atoms with van der Waals surface area (Å²) in [6, 6.07) is 11.5. The molecule has 0 aliphatic rings. The number of rotatable bonds is 3. The normalized spacial score (nSPS) is 10.7. The highest BCUT2D eigenvalue weighted by Crippen LogP contribution is 2.30. The monoisotopic (exact) mass is 358 g/mol. The Morgan fingerprint density at radius 3 is 2.68 bits per heavy atom. The Labute approximate surface area is 148 Å². The number of nitrogens with zero attached hydrogens (tertiary/aromatic N) is 1. The van der Waals surface area contributed by atoms with Gasteiger partial charge in [-0.3, -0.25) is 9.59 Å². The summed E-state index contributed by atoms with van der Waals surface area (Å²) in [4.78, 5) is 25.2. The highest BCUT2D eigenvalue weighted by molar-refractivity contribution is 6.31. The van der Waals surface area contributed by atoms with E-state index in [0.29, 0.717) is 27.4 Å². The lowest BCUT2D eigenvalue weighted by Crippen LogP contribution is -2.28. The minimum atomic E-state index is -0.746. The van der Waals surface area contributed by atoms with Crippen LogP contribution in [-0.4, -0.2) is 22.7 Å². The minimum Gasteiger partial charge on any atom is -0.506 e. The molecule has 0 spiro atoms. The van der Waals surface area contributed by atoms with Crippen LogP contribution in [0.2, 0.25) is 5.02 Å². The SMILES string of the molecule is COc1ccc(Cl)cc1NC(=O)c1c(O)c2ccccc2n(C)c1=O. The third-order valence-corrected chi connectivity index (χ3v) is 4.15. The molecule has 25 heavy (non-hydrogen) atoms. The molecule has 0 aliphatic carbocycles. The number of pyridine rings is 1. The van der Waals surface area contributed by atoms with E-state index in [1.54, 1.807) is 43.4 Å². The lowest BCUT2D eigenvalue weighted by Gasteiger charge is -2.13. The second kappa shape index (κ2) is 6.49. The summed E-state index contributed by atoms with van der Waals surface area (Å²) < 4.78 is 6.49. The largest absolute Gasteiger partial charge is 0.506 e. The highest BCUT2D eigenvalue weighted by atomic mass is 35.5. The number of para-hydroxylation sites is 1. The minimum absolute atomic E-state index is 0.301. The van der Waals surface area contributed by atoms with Crippen molar-refractivity contribution in [2.75, 3.05) is 12.4 Å². The van der Waals surface area contributed by atoms with Crippen molar-refractivity contribution in [3.05, 3.63) is 63.4 Å². The Kier molecular flexibility index (Phi) is 4.37. The Morgan fingerprint density at radius 2 is 1.96 bits per heavy atom. The van der Waals surface area contributed by atoms with Crippen molar-refractivity contribution in [3.8, 4) is 11.5 Å². The van der Waals surface area contributed by atoms with Crippen molar-refractivity contribution in [3.63, 3.8) is 0 Å². The fourth-order valence-electron chi connectivity index (χ4n) is 2.65. The first-order chi connectivity index (χ1) is 11.9. The van der Waals surface area contributed by atoms with Gasteiger partial charge in [-0.2, -0.15) is 0 Å². The number of carbonyl (C=O) groups excluding carboxylic acids is 1. The van der Waals surface area contributed by atoms with Gasteiger partial charge in [0.1, 0.15) is 17.1 Å². The van der Waals surface area contributed by atoms with E-state index in [1.165, 1.54) is 17.7 Å². The summed E-state index contributed by atoms with van der Waals surface area (Å²) in [5.74, 6) is -0.725. The van der Waals surface area contributed by atoms with E-state index in [2.05, 4.69) is 5.32 Å². The maximum absolute atomic E-state index is 12.6. The standard InChI is InChI=1S/C18H15ClN2O4/c1-21-13-6-4-3-5-11(13)16(22)15(18(21)24)17(23)20-12-9-10(19)7-8-14(12)25-2/h3-9,22H,1-2H3,(H,20,23). The van der Waals surface area contributed by atoms with Crippen LogP contribution in [0.4, 0.5) is 5.69 Å². The summed E-state index contributed by atoms with van der Waals surface area (Å²) in [5.41, 5.74) is -0.116. The molecule has 2 N–H and O–H groups in total. The zero-order chi connectivity index (χ0) is 18.1. The molecule has 0 fully saturated rings. The van der Waals surface area contributed by atoms with Gasteiger partial charge in [-0.1, -0.05) is 23.7 Å². The number of benzene rings is 2. The smallest absolute Gasteiger partial charge is 0.267 e. The van der Waals surface area contributed by atoms with Crippen LogP contribution < -0.4 is 15.6 Å². The van der Waals surface area contributed by atoms with Gasteiger partial charge in [0, 0.05) is 17.5 Å². The fraction of sp³-hybridized carbons (Fsp3) is 0.111. The number of amides is 1. The predicted molar refractivity (Wildman–Crippen MR) is 96.8 cm³/mol. The van der Waals surface area contributed by atoms with Gasteiger partial charge in [0.2, 0.25) is 0 Å². The molecule has 0 radical (unpaired) electrons. The number of nitrogens with one attached hydrogen (secondary N) is 1. The zero-order valence-electron chi connectivity index (χ0n) is 13.5. The first-order valence-electron chi connectivity index (χ1n) is 7.39. The highest BCUT2D eigenvalue weighted by Gasteiger charge is 2.22. The topological polar surface area (TPSA) is 80.6 Å². The van der Waals surface area contributed by atoms with Crippen molar-refractivity contribution in [1.29, 1.82) is 0 Å². The van der Waals surface area contributed by atoms with E-state index in [0.717, 1.165) is 0 Å². The summed E-state index contributed by atoms with van der Waals surface area (Å²) in [7, 11) is 2.99. The Morgan fingerprint density at radius 1 is 1.24 bits per heavy atom. The molecule has 128 valence electrons. The van der Waals surface area contributed by atoms with Crippen molar-refractivity contribution in [1.82, 2.24) is 4.57 Å². The third-order valence-electron chi connectivity index (χ3n) is 3.91. The third kappa shape index (κ3) is 2.92. The van der Waals surface area contributed by atoms with Crippen molar-refractivity contribution >= 4 is 34.1 Å². The first kappa shape index (κ1) is 16.9. The first-order valence-corrected chi connectivity index (χ1v) is 7.77. The molecule has 0 aliphatic heterocycles. The summed E-state index contributed by atoms with van der Waals surface area (Å²) in [6.07, 6.45) is 0. The molecule has 0 saturated carbocycles. The van der Waals surface area contributed by atoms with Gasteiger partial charge in [-0.15, -0.1) is 0 Å². The van der Waals surface area contributed by atoms with Crippen LogP contribution in [0.5, 0.6) is 11.5 Å². The van der Waals surface area contributed by atoms with E-state index in [4.69, 9.17) is 16.3 Å². The second-order valence-corrected chi connectivity index (χ2v) is 5.84. The molecular formula is C18H15ClN2O4. The van der Waals surface area contributed by atoms with E-state index < -0.39 is 11.5 Å². The number of fused-ring (bicyclic) bond motifs is 1. The molecule has 1 amide bonds. The number of hydrogen-bond acceptors (Lipinski definition) is 4. The fourth-order valence-corrected chi connectivity index (χ4v) is 2.82. The molecule has 0 atom stereocenters. The quantitative estimate of drug-likeness (QED) is 0.753. The molecular weight excluding hydrogens is 344 g/mol. The van der Waals surface area contributed by atoms with Crippen molar-refractivity contribution in [2.45, 2.75) is 0 Å². The van der Waals surface area contributed by atoms with Gasteiger partial charge in [-0.25, -0.2) is 0 Å². The maximum atomic E-state index is 12.6. The van der Waals surface area contributed by atoms with Gasteiger partial charge in [0.15, 0.2) is 0 Å². The molecule has 1 aromatic heterocycles. The van der Waals surface area contributed by atoms with Crippen LogP contribution >= 0.6 is 11.6 Å². The molecule has 0 bridgehead atoms. The molecule has 1 heterocycles. The summed E-state index contributed by atoms with van der Waals surface area (Å²) in [6.45, 7) is 0. The van der Waals surface area contributed by atoms with Crippen LogP contribution in [0.1, 0.15) is 10.4 Å². The zero-order valence-corrected chi connectivity index (χ0v) is 14.3. The number of hydrogen-bond donors (Lipinski definition) is 2. The number of carbonyl (C=O) groups is 1. The average Bonchev–Trinajstić information content (AvgIpc) is 2.60. The number of halogens is 1. The molecule has 7 heteroatoms. The molecule has 3 rings (SSSR count). The van der Waals surface area contributed by atoms with Gasteiger partial charge < -0.3 is 19.7 Å². The molecule has 6 nitrogen and oxygen atoms in total. The number of aryl methyl sites for hydroxylation is 1. The van der Waals surface area contributed by atoms with E-state index in [-0.39, 0.29) is 11.3 Å². The predicted octanol–water partition coefficient (Wildman–Crippen LogP) is 3.16. The van der Waals surface area contributed by atoms with E-state index in [9.17, 15) is 14.7 Å². The van der Waals surface area contributed by atoms with Gasteiger partial charge in [-0.05, 0) is 30.3 Å². The van der Waals surface area contributed by atoms with Crippen LogP contribution in [-0.2, 0) is 7.05 Å². The summed E-state index contributed by atoms with van der Waals surface area (Å²) >= 11 is 5.95. The Balaban J connectivity index is 2.13. The van der Waals surface area contributed by atoms with Gasteiger partial charge >= 0.3 is 0 Å². The van der Waals surface area contributed by atoms with Gasteiger partial charge in [0.25, 0.3) is 11.5 Å². The van der Waals surface area contributed by atoms with Crippen LogP contribution in [0, 0.1) is 0 Å². The number of anilines is 1. The number of ether oxygens (including phenoxy) is 1. The lowest BCUT2D eigenvalue weighted by atomic mass is 10.1.